The number of nitrogens with one attached hydrogen (secondary N) is 3. The monoisotopic (exact) mass is 452 g/mol. The molecule has 0 bridgehead atoms. The van der Waals surface area contributed by atoms with Gasteiger partial charge in [0.2, 0.25) is 0 Å². The molecule has 2 aromatic carbocycles. The topological polar surface area (TPSA) is 104 Å². The molecule has 7 nitrogen and oxygen atoms in total. The lowest BCUT2D eigenvalue weighted by Gasteiger charge is -2.10. The molecule has 4 rings (SSSR count). The lowest BCUT2D eigenvalue weighted by Crippen LogP contribution is -2.15. The maximum Gasteiger partial charge on any atom is 0.261 e. The molecule has 0 spiro atoms. The van der Waals surface area contributed by atoms with Gasteiger partial charge >= 0.3 is 0 Å². The summed E-state index contributed by atoms with van der Waals surface area (Å²) in [6.07, 6.45) is 0. The Balaban J connectivity index is 1.46. The number of aromatic amines is 1. The van der Waals surface area contributed by atoms with Crippen LogP contribution >= 0.6 is 11.3 Å². The number of hydrogen-bond acceptors (Lipinski definition) is 5. The molecule has 0 radical (unpaired) electrons. The molecule has 0 unspecified atom stereocenters. The first-order valence-corrected chi connectivity index (χ1v) is 11.7. The second-order valence-corrected chi connectivity index (χ2v) is 9.95. The number of aromatic nitrogens is 2. The number of aryl methyl sites for hydroxylation is 2. The van der Waals surface area contributed by atoms with E-state index < -0.39 is 10.0 Å². The summed E-state index contributed by atoms with van der Waals surface area (Å²) in [5.74, 6) is 0.0141. The van der Waals surface area contributed by atoms with Crippen LogP contribution in [0.25, 0.3) is 10.6 Å². The molecular formula is C22H20N4O3S2. The summed E-state index contributed by atoms with van der Waals surface area (Å²) in [5.41, 5.74) is 2.47. The van der Waals surface area contributed by atoms with Gasteiger partial charge in [0.1, 0.15) is 0 Å². The first kappa shape index (κ1) is 20.8. The van der Waals surface area contributed by atoms with E-state index in [1.807, 2.05) is 38.1 Å². The number of para-hydroxylation sites is 1. The van der Waals surface area contributed by atoms with Crippen molar-refractivity contribution in [3.63, 3.8) is 0 Å². The summed E-state index contributed by atoms with van der Waals surface area (Å²) in [5, 5.41) is 9.75. The Kier molecular flexibility index (Phi) is 5.62. The van der Waals surface area contributed by atoms with Crippen LogP contribution in [0.2, 0.25) is 0 Å². The van der Waals surface area contributed by atoms with Crippen molar-refractivity contribution >= 4 is 38.8 Å². The second kappa shape index (κ2) is 8.37. The van der Waals surface area contributed by atoms with Crippen LogP contribution < -0.4 is 10.0 Å². The number of anilines is 2. The highest BCUT2D eigenvalue weighted by Gasteiger charge is 2.17. The Morgan fingerprint density at radius 3 is 2.42 bits per heavy atom. The van der Waals surface area contributed by atoms with Crippen LogP contribution in [-0.4, -0.2) is 24.5 Å². The summed E-state index contributed by atoms with van der Waals surface area (Å²) in [4.78, 5) is 14.8. The SMILES string of the molecule is Cc1ccc(-c2cc(NC(=O)c3ccc(S(=O)(=O)Nc4ccccc4C)cc3)n[nH]2)s1. The van der Waals surface area contributed by atoms with Crippen molar-refractivity contribution in [3.8, 4) is 10.6 Å². The molecule has 1 amide bonds. The number of carbonyl (C=O) groups is 1. The van der Waals surface area contributed by atoms with E-state index in [4.69, 9.17) is 0 Å². The number of benzene rings is 2. The lowest BCUT2D eigenvalue weighted by molar-refractivity contribution is 0.102. The van der Waals surface area contributed by atoms with Gasteiger partial charge in [-0.15, -0.1) is 11.3 Å². The molecule has 0 saturated heterocycles. The Morgan fingerprint density at radius 1 is 1.00 bits per heavy atom. The van der Waals surface area contributed by atoms with Crippen molar-refractivity contribution in [2.45, 2.75) is 18.7 Å². The maximum absolute atomic E-state index is 12.6. The highest BCUT2D eigenvalue weighted by molar-refractivity contribution is 7.92. The quantitative estimate of drug-likeness (QED) is 0.391. The first-order valence-electron chi connectivity index (χ1n) is 9.44. The van der Waals surface area contributed by atoms with Crippen molar-refractivity contribution in [1.82, 2.24) is 10.2 Å². The Morgan fingerprint density at radius 2 is 1.74 bits per heavy atom. The molecule has 0 atom stereocenters. The Labute approximate surface area is 184 Å². The fraction of sp³-hybridized carbons (Fsp3) is 0.0909. The lowest BCUT2D eigenvalue weighted by atomic mass is 10.2. The van der Waals surface area contributed by atoms with E-state index >= 15 is 0 Å². The summed E-state index contributed by atoms with van der Waals surface area (Å²) < 4.78 is 27.9. The fourth-order valence-electron chi connectivity index (χ4n) is 2.96. The van der Waals surface area contributed by atoms with Crippen LogP contribution in [0, 0.1) is 13.8 Å². The molecule has 2 aromatic heterocycles. The van der Waals surface area contributed by atoms with E-state index in [1.54, 1.807) is 29.5 Å². The van der Waals surface area contributed by atoms with Gasteiger partial charge in [0.05, 0.1) is 21.2 Å². The summed E-state index contributed by atoms with van der Waals surface area (Å²) >= 11 is 1.63. The first-order chi connectivity index (χ1) is 14.8. The standard InChI is InChI=1S/C22H20N4O3S2/c1-14-5-3-4-6-18(14)26-31(28,29)17-10-8-16(9-11-17)22(27)23-21-13-19(24-25-21)20-12-7-15(2)30-20/h3-13,26H,1-2H3,(H2,23,24,25,27). The number of rotatable bonds is 6. The molecule has 0 fully saturated rings. The highest BCUT2D eigenvalue weighted by atomic mass is 32.2. The second-order valence-electron chi connectivity index (χ2n) is 6.98. The molecule has 0 aliphatic heterocycles. The van der Waals surface area contributed by atoms with Gasteiger partial charge in [-0.05, 0) is 61.9 Å². The predicted molar refractivity (Wildman–Crippen MR) is 123 cm³/mol. The van der Waals surface area contributed by atoms with Crippen LogP contribution in [0.1, 0.15) is 20.8 Å². The predicted octanol–water partition coefficient (Wildman–Crippen LogP) is 4.81. The van der Waals surface area contributed by atoms with E-state index in [2.05, 4.69) is 20.2 Å². The normalized spacial score (nSPS) is 11.3. The van der Waals surface area contributed by atoms with Crippen LogP contribution in [0.15, 0.2) is 71.6 Å². The van der Waals surface area contributed by atoms with Gasteiger partial charge in [0, 0.05) is 16.5 Å². The molecule has 4 aromatic rings. The molecule has 0 aliphatic rings. The van der Waals surface area contributed by atoms with E-state index in [-0.39, 0.29) is 10.8 Å². The fourth-order valence-corrected chi connectivity index (χ4v) is 4.92. The van der Waals surface area contributed by atoms with E-state index in [0.29, 0.717) is 17.1 Å². The summed E-state index contributed by atoms with van der Waals surface area (Å²) in [6.45, 7) is 3.85. The maximum atomic E-state index is 12.6. The largest absolute Gasteiger partial charge is 0.305 e. The van der Waals surface area contributed by atoms with Crippen molar-refractivity contribution in [2.75, 3.05) is 10.0 Å². The highest BCUT2D eigenvalue weighted by Crippen LogP contribution is 2.27. The molecule has 3 N–H and O–H groups in total. The zero-order chi connectivity index (χ0) is 22.0. The number of sulfonamides is 1. The molecular weight excluding hydrogens is 432 g/mol. The zero-order valence-corrected chi connectivity index (χ0v) is 18.5. The van der Waals surface area contributed by atoms with Crippen molar-refractivity contribution < 1.29 is 13.2 Å². The average Bonchev–Trinajstić information content (AvgIpc) is 3.38. The minimum Gasteiger partial charge on any atom is -0.305 e. The number of nitrogens with zero attached hydrogens (tertiary/aromatic N) is 1. The molecule has 31 heavy (non-hydrogen) atoms. The number of H-pyrrole nitrogens is 1. The number of thiophene rings is 1. The van der Waals surface area contributed by atoms with Gasteiger partial charge in [-0.2, -0.15) is 5.10 Å². The number of amides is 1. The average molecular weight is 453 g/mol. The van der Waals surface area contributed by atoms with Gasteiger partial charge < -0.3 is 5.32 Å². The van der Waals surface area contributed by atoms with Crippen molar-refractivity contribution in [3.05, 3.63) is 82.7 Å². The Hall–Kier alpha value is -3.43. The molecule has 9 heteroatoms. The third-order valence-corrected chi connectivity index (χ3v) is 7.06. The number of carbonyl (C=O) groups excluding carboxylic acids is 1. The third-order valence-electron chi connectivity index (χ3n) is 4.64. The molecule has 0 aliphatic carbocycles. The van der Waals surface area contributed by atoms with Crippen LogP contribution in [0.4, 0.5) is 11.5 Å². The van der Waals surface area contributed by atoms with Gasteiger partial charge in [-0.3, -0.25) is 14.6 Å². The van der Waals surface area contributed by atoms with Gasteiger partial charge in [-0.25, -0.2) is 8.42 Å². The summed E-state index contributed by atoms with van der Waals surface area (Å²) in [6, 6.07) is 18.6. The van der Waals surface area contributed by atoms with Crippen LogP contribution in [0.3, 0.4) is 0 Å². The van der Waals surface area contributed by atoms with Gasteiger partial charge in [0.25, 0.3) is 15.9 Å². The van der Waals surface area contributed by atoms with Gasteiger partial charge in [-0.1, -0.05) is 18.2 Å². The van der Waals surface area contributed by atoms with Gasteiger partial charge in [0.15, 0.2) is 5.82 Å². The van der Waals surface area contributed by atoms with Crippen LogP contribution in [0.5, 0.6) is 0 Å². The molecule has 0 saturated carbocycles. The van der Waals surface area contributed by atoms with E-state index in [9.17, 15) is 13.2 Å². The third kappa shape index (κ3) is 4.68. The van der Waals surface area contributed by atoms with E-state index in [0.717, 1.165) is 16.1 Å². The van der Waals surface area contributed by atoms with Crippen molar-refractivity contribution in [2.24, 2.45) is 0 Å². The van der Waals surface area contributed by atoms with E-state index in [1.165, 1.54) is 29.1 Å². The smallest absolute Gasteiger partial charge is 0.261 e. The minimum absolute atomic E-state index is 0.0717. The zero-order valence-electron chi connectivity index (χ0n) is 16.8. The molecule has 2 heterocycles. The van der Waals surface area contributed by atoms with Crippen LogP contribution in [-0.2, 0) is 10.0 Å². The molecule has 158 valence electrons. The Bertz CT molecular complexity index is 1340. The summed E-state index contributed by atoms with van der Waals surface area (Å²) in [7, 11) is -3.76. The van der Waals surface area contributed by atoms with Crippen molar-refractivity contribution in [1.29, 1.82) is 0 Å². The minimum atomic E-state index is -3.76. The number of hydrogen-bond donors (Lipinski definition) is 3.